The predicted octanol–water partition coefficient (Wildman–Crippen LogP) is 0.673. The van der Waals surface area contributed by atoms with Crippen LogP contribution < -0.4 is 10.6 Å². The summed E-state index contributed by atoms with van der Waals surface area (Å²) in [5, 5.41) is 14.3. The van der Waals surface area contributed by atoms with Gasteiger partial charge in [-0.1, -0.05) is 27.7 Å². The Hall–Kier alpha value is -1.10. The number of carbonyl (C=O) groups excluding carboxylic acids is 2. The van der Waals surface area contributed by atoms with E-state index in [0.29, 0.717) is 25.9 Å². The summed E-state index contributed by atoms with van der Waals surface area (Å²) in [6.45, 7) is 8.50. The number of amides is 2. The fraction of sp³-hybridized carbons (Fsp3) is 0.846. The molecule has 0 aliphatic heterocycles. The molecule has 0 radical (unpaired) electrons. The quantitative estimate of drug-likeness (QED) is 0.587. The van der Waals surface area contributed by atoms with Crippen LogP contribution in [0.2, 0.25) is 0 Å². The molecule has 5 nitrogen and oxygen atoms in total. The molecule has 0 aromatic carbocycles. The molecule has 1 unspecified atom stereocenters. The van der Waals surface area contributed by atoms with Crippen molar-refractivity contribution in [1.82, 2.24) is 10.6 Å². The van der Waals surface area contributed by atoms with Gasteiger partial charge in [0.15, 0.2) is 0 Å². The van der Waals surface area contributed by atoms with Crippen LogP contribution in [0.25, 0.3) is 0 Å². The Morgan fingerprint density at radius 2 is 1.83 bits per heavy atom. The summed E-state index contributed by atoms with van der Waals surface area (Å²) in [7, 11) is 0. The van der Waals surface area contributed by atoms with E-state index >= 15 is 0 Å². The van der Waals surface area contributed by atoms with E-state index in [-0.39, 0.29) is 24.3 Å². The molecule has 3 N–H and O–H groups in total. The van der Waals surface area contributed by atoms with Crippen molar-refractivity contribution in [2.75, 3.05) is 19.7 Å². The molecule has 0 aliphatic carbocycles. The van der Waals surface area contributed by atoms with Gasteiger partial charge in [0, 0.05) is 31.5 Å². The Kier molecular flexibility index (Phi) is 7.59. The highest BCUT2D eigenvalue weighted by Gasteiger charge is 2.20. The minimum atomic E-state index is -0.390. The minimum Gasteiger partial charge on any atom is -0.396 e. The average Bonchev–Trinajstić information content (AvgIpc) is 2.29. The highest BCUT2D eigenvalue weighted by atomic mass is 16.3. The summed E-state index contributed by atoms with van der Waals surface area (Å²) < 4.78 is 0. The van der Waals surface area contributed by atoms with Gasteiger partial charge in [0.2, 0.25) is 11.8 Å². The van der Waals surface area contributed by atoms with Crippen molar-refractivity contribution in [3.63, 3.8) is 0 Å². The number of hydrogen-bond acceptors (Lipinski definition) is 3. The Balaban J connectivity index is 3.61. The number of aliphatic hydroxyl groups is 1. The van der Waals surface area contributed by atoms with Crippen molar-refractivity contribution in [1.29, 1.82) is 0 Å². The zero-order valence-corrected chi connectivity index (χ0v) is 11.9. The molecule has 0 heterocycles. The van der Waals surface area contributed by atoms with E-state index in [0.717, 1.165) is 0 Å². The largest absolute Gasteiger partial charge is 0.396 e. The van der Waals surface area contributed by atoms with Crippen molar-refractivity contribution in [2.45, 2.75) is 40.5 Å². The van der Waals surface area contributed by atoms with Gasteiger partial charge >= 0.3 is 0 Å². The highest BCUT2D eigenvalue weighted by Crippen LogP contribution is 2.12. The molecule has 0 fully saturated rings. The number of hydrogen-bond donors (Lipinski definition) is 3. The third-order valence-corrected chi connectivity index (χ3v) is 2.51. The summed E-state index contributed by atoms with van der Waals surface area (Å²) in [5.41, 5.74) is -0.390. The first kappa shape index (κ1) is 16.9. The van der Waals surface area contributed by atoms with E-state index < -0.39 is 5.41 Å². The molecule has 0 spiro atoms. The number of carbonyl (C=O) groups is 2. The molecule has 5 heteroatoms. The van der Waals surface area contributed by atoms with Gasteiger partial charge < -0.3 is 15.7 Å². The third-order valence-electron chi connectivity index (χ3n) is 2.51. The maximum Gasteiger partial charge on any atom is 0.225 e. The zero-order chi connectivity index (χ0) is 14.2. The molecular weight excluding hydrogens is 232 g/mol. The van der Waals surface area contributed by atoms with Gasteiger partial charge in [-0.05, 0) is 12.3 Å². The van der Waals surface area contributed by atoms with E-state index in [1.807, 2.05) is 27.7 Å². The second-order valence-corrected chi connectivity index (χ2v) is 5.70. The molecule has 18 heavy (non-hydrogen) atoms. The van der Waals surface area contributed by atoms with Gasteiger partial charge in [-0.3, -0.25) is 9.59 Å². The monoisotopic (exact) mass is 258 g/mol. The van der Waals surface area contributed by atoms with E-state index in [1.165, 1.54) is 0 Å². The molecule has 2 amide bonds. The summed E-state index contributed by atoms with van der Waals surface area (Å²) in [6, 6.07) is 0. The van der Waals surface area contributed by atoms with Crippen molar-refractivity contribution in [3.8, 4) is 0 Å². The van der Waals surface area contributed by atoms with Crippen LogP contribution in [-0.2, 0) is 9.59 Å². The second kappa shape index (κ2) is 8.08. The lowest BCUT2D eigenvalue weighted by Crippen LogP contribution is -2.36. The van der Waals surface area contributed by atoms with E-state index in [4.69, 9.17) is 5.11 Å². The predicted molar refractivity (Wildman–Crippen MR) is 71.0 cm³/mol. The topological polar surface area (TPSA) is 78.4 Å². The van der Waals surface area contributed by atoms with Crippen LogP contribution in [-0.4, -0.2) is 36.6 Å². The molecule has 0 saturated carbocycles. The molecule has 0 bridgehead atoms. The van der Waals surface area contributed by atoms with Gasteiger partial charge in [0.1, 0.15) is 0 Å². The van der Waals surface area contributed by atoms with Gasteiger partial charge in [0.25, 0.3) is 0 Å². The van der Waals surface area contributed by atoms with Gasteiger partial charge in [-0.15, -0.1) is 0 Å². The summed E-state index contributed by atoms with van der Waals surface area (Å²) in [6.07, 6.45) is 1.02. The lowest BCUT2D eigenvalue weighted by atomic mass is 9.96. The number of nitrogens with one attached hydrogen (secondary N) is 2. The first-order valence-corrected chi connectivity index (χ1v) is 6.43. The van der Waals surface area contributed by atoms with Crippen LogP contribution in [0.15, 0.2) is 0 Å². The van der Waals surface area contributed by atoms with Crippen molar-refractivity contribution in [2.24, 2.45) is 11.3 Å². The van der Waals surface area contributed by atoms with Crippen LogP contribution >= 0.6 is 0 Å². The summed E-state index contributed by atoms with van der Waals surface area (Å²) in [5.74, 6) is 0.0339. The van der Waals surface area contributed by atoms with E-state index in [2.05, 4.69) is 10.6 Å². The highest BCUT2D eigenvalue weighted by molar-refractivity contribution is 5.81. The smallest absolute Gasteiger partial charge is 0.225 e. The van der Waals surface area contributed by atoms with E-state index in [9.17, 15) is 9.59 Å². The normalized spacial score (nSPS) is 12.9. The molecule has 0 rings (SSSR count). The zero-order valence-electron chi connectivity index (χ0n) is 11.9. The summed E-state index contributed by atoms with van der Waals surface area (Å²) in [4.78, 5) is 22.9. The third kappa shape index (κ3) is 8.06. The summed E-state index contributed by atoms with van der Waals surface area (Å²) >= 11 is 0. The van der Waals surface area contributed by atoms with E-state index in [1.54, 1.807) is 0 Å². The van der Waals surface area contributed by atoms with Crippen molar-refractivity contribution >= 4 is 11.8 Å². The molecule has 106 valence electrons. The molecule has 0 saturated heterocycles. The number of rotatable bonds is 7. The fourth-order valence-corrected chi connectivity index (χ4v) is 1.16. The van der Waals surface area contributed by atoms with Gasteiger partial charge in [-0.2, -0.15) is 0 Å². The van der Waals surface area contributed by atoms with Crippen LogP contribution in [0.3, 0.4) is 0 Å². The lowest BCUT2D eigenvalue weighted by molar-refractivity contribution is -0.128. The fourth-order valence-electron chi connectivity index (χ4n) is 1.16. The van der Waals surface area contributed by atoms with Gasteiger partial charge in [-0.25, -0.2) is 0 Å². The maximum absolute atomic E-state index is 11.5. The Bertz CT molecular complexity index is 272. The first-order valence-electron chi connectivity index (χ1n) is 6.43. The van der Waals surface area contributed by atoms with Gasteiger partial charge in [0.05, 0.1) is 0 Å². The van der Waals surface area contributed by atoms with Crippen LogP contribution in [0.1, 0.15) is 40.5 Å². The molecule has 0 aliphatic rings. The lowest BCUT2D eigenvalue weighted by Gasteiger charge is -2.17. The van der Waals surface area contributed by atoms with Crippen molar-refractivity contribution < 1.29 is 14.7 Å². The second-order valence-electron chi connectivity index (χ2n) is 5.70. The van der Waals surface area contributed by atoms with Crippen molar-refractivity contribution in [3.05, 3.63) is 0 Å². The standard InChI is InChI=1S/C13H26N2O3/c1-10(9-16)8-15-11(17)6-5-7-14-12(18)13(2,3)4/h10,16H,5-9H2,1-4H3,(H,14,18)(H,15,17). The van der Waals surface area contributed by atoms with Crippen LogP contribution in [0, 0.1) is 11.3 Å². The Morgan fingerprint density at radius 1 is 1.22 bits per heavy atom. The Labute approximate surface area is 109 Å². The molecule has 1 atom stereocenters. The molecule has 0 aromatic heterocycles. The molecular formula is C13H26N2O3. The maximum atomic E-state index is 11.5. The first-order chi connectivity index (χ1) is 8.27. The SMILES string of the molecule is CC(CO)CNC(=O)CCCNC(=O)C(C)(C)C. The Morgan fingerprint density at radius 3 is 2.33 bits per heavy atom. The molecule has 0 aromatic rings. The minimum absolute atomic E-state index is 0.00295. The van der Waals surface area contributed by atoms with Crippen LogP contribution in [0.4, 0.5) is 0 Å². The number of aliphatic hydroxyl groups excluding tert-OH is 1. The average molecular weight is 258 g/mol. The van der Waals surface area contributed by atoms with Crippen LogP contribution in [0.5, 0.6) is 0 Å².